The van der Waals surface area contributed by atoms with E-state index in [-0.39, 0.29) is 44.3 Å². The molecule has 0 saturated carbocycles. The number of nitrogens with one attached hydrogen (secondary N) is 1. The molecule has 1 amide bonds. The van der Waals surface area contributed by atoms with Crippen molar-refractivity contribution in [3.8, 4) is 0 Å². The van der Waals surface area contributed by atoms with Gasteiger partial charge in [0.2, 0.25) is 0 Å². The van der Waals surface area contributed by atoms with Gasteiger partial charge < -0.3 is 5.32 Å². The second-order valence-electron chi connectivity index (χ2n) is 5.83. The maximum absolute atomic E-state index is 12.4. The average Bonchev–Trinajstić information content (AvgIpc) is 2.41. The zero-order valence-electron chi connectivity index (χ0n) is 13.8. The maximum Gasteiger partial charge on any atom is 0.264 e. The molecule has 0 fully saturated rings. The molecule has 1 N–H and O–H groups in total. The van der Waals surface area contributed by atoms with Crippen LogP contribution >= 0.6 is 7.26 Å². The number of hydrogen-bond acceptors (Lipinski definition) is 1. The predicted octanol–water partition coefficient (Wildman–Crippen LogP) is 4.48. The monoisotopic (exact) mass is 380 g/mol. The van der Waals surface area contributed by atoms with Crippen molar-refractivity contribution in [3.05, 3.63) is 34.7 Å². The minimum Gasteiger partial charge on any atom is -0.322 e. The van der Waals surface area contributed by atoms with Gasteiger partial charge in [0, 0.05) is 59.0 Å². The molecular weight excluding hydrogens is 356 g/mol. The number of benzene rings is 1. The number of nitrogens with zero attached hydrogens (tertiary/aromatic N) is 1. The standard InChI is InChI=1S/C16H23N2OP.Y/c1-8-20(6,7)13(4)16(19)18-15-11(2)9-14(17-5)10-12(15)3;/h9-10,13H,8H2,1-4,6-7H3;/p+1. The Balaban J connectivity index is 0.00000400. The van der Waals surface area contributed by atoms with Gasteiger partial charge in [-0.15, -0.1) is 0 Å². The second kappa shape index (κ2) is 8.37. The van der Waals surface area contributed by atoms with Gasteiger partial charge in [-0.05, 0) is 38.8 Å². The zero-order valence-corrected chi connectivity index (χ0v) is 17.6. The van der Waals surface area contributed by atoms with Crippen molar-refractivity contribution < 1.29 is 37.5 Å². The van der Waals surface area contributed by atoms with E-state index in [2.05, 4.69) is 30.4 Å². The number of rotatable bonds is 4. The van der Waals surface area contributed by atoms with Crippen LogP contribution in [0.4, 0.5) is 11.4 Å². The second-order valence-corrected chi connectivity index (χ2v) is 10.8. The fourth-order valence-corrected chi connectivity index (χ4v) is 3.27. The van der Waals surface area contributed by atoms with Gasteiger partial charge in [0.15, 0.2) is 5.69 Å². The molecule has 3 nitrogen and oxygen atoms in total. The molecule has 21 heavy (non-hydrogen) atoms. The van der Waals surface area contributed by atoms with E-state index in [0.717, 1.165) is 23.0 Å². The van der Waals surface area contributed by atoms with Crippen LogP contribution in [0.15, 0.2) is 12.1 Å². The van der Waals surface area contributed by atoms with Crippen molar-refractivity contribution in [2.24, 2.45) is 0 Å². The van der Waals surface area contributed by atoms with Crippen LogP contribution in [-0.4, -0.2) is 31.1 Å². The Morgan fingerprint density at radius 3 is 2.19 bits per heavy atom. The Hall–Kier alpha value is -0.286. The van der Waals surface area contributed by atoms with E-state index in [1.807, 2.05) is 32.9 Å². The van der Waals surface area contributed by atoms with E-state index in [9.17, 15) is 4.79 Å². The van der Waals surface area contributed by atoms with E-state index in [1.165, 1.54) is 0 Å². The fraction of sp³-hybridized carbons (Fsp3) is 0.500. The summed E-state index contributed by atoms with van der Waals surface area (Å²) >= 11 is 0. The summed E-state index contributed by atoms with van der Waals surface area (Å²) in [6.07, 6.45) is 1.07. The van der Waals surface area contributed by atoms with Crippen molar-refractivity contribution in [3.63, 3.8) is 0 Å². The number of amides is 1. The minimum atomic E-state index is -1.21. The molecule has 1 rings (SSSR count). The van der Waals surface area contributed by atoms with E-state index in [0.29, 0.717) is 5.69 Å². The maximum atomic E-state index is 12.4. The van der Waals surface area contributed by atoms with Crippen LogP contribution in [0.1, 0.15) is 25.0 Å². The summed E-state index contributed by atoms with van der Waals surface area (Å²) < 4.78 is 0. The van der Waals surface area contributed by atoms with Crippen LogP contribution in [0.3, 0.4) is 0 Å². The van der Waals surface area contributed by atoms with Crippen LogP contribution in [0, 0.1) is 20.4 Å². The van der Waals surface area contributed by atoms with Crippen LogP contribution in [0.25, 0.3) is 4.85 Å². The first-order valence-corrected chi connectivity index (χ1v) is 9.79. The third kappa shape index (κ3) is 5.13. The van der Waals surface area contributed by atoms with Gasteiger partial charge in [0.25, 0.3) is 5.91 Å². The normalized spacial score (nSPS) is 12.0. The number of aryl methyl sites for hydroxylation is 2. The molecular formula is C16H24N2OPY+. The van der Waals surface area contributed by atoms with Gasteiger partial charge in [-0.1, -0.05) is 12.1 Å². The summed E-state index contributed by atoms with van der Waals surface area (Å²) in [4.78, 5) is 15.9. The minimum absolute atomic E-state index is 0. The fourth-order valence-electron chi connectivity index (χ4n) is 2.02. The predicted molar refractivity (Wildman–Crippen MR) is 89.6 cm³/mol. The molecule has 1 radical (unpaired) electrons. The average molecular weight is 380 g/mol. The third-order valence-electron chi connectivity index (χ3n) is 4.14. The van der Waals surface area contributed by atoms with Crippen LogP contribution in [-0.2, 0) is 37.5 Å². The Kier molecular flexibility index (Phi) is 8.26. The van der Waals surface area contributed by atoms with Crippen molar-refractivity contribution in [2.75, 3.05) is 24.8 Å². The van der Waals surface area contributed by atoms with E-state index in [4.69, 9.17) is 6.57 Å². The van der Waals surface area contributed by atoms with E-state index in [1.54, 1.807) is 0 Å². The largest absolute Gasteiger partial charge is 0.322 e. The van der Waals surface area contributed by atoms with Crippen LogP contribution in [0.5, 0.6) is 0 Å². The van der Waals surface area contributed by atoms with Gasteiger partial charge in [-0.3, -0.25) is 4.79 Å². The van der Waals surface area contributed by atoms with Gasteiger partial charge in [-0.25, -0.2) is 4.85 Å². The molecule has 0 bridgehead atoms. The SMILES string of the molecule is [C-]#[N+]c1cc(C)c(NC(=O)C(C)[P+](C)(C)CC)c(C)c1.[Y]. The quantitative estimate of drug-likeness (QED) is 0.607. The summed E-state index contributed by atoms with van der Waals surface area (Å²) in [6, 6.07) is 3.64. The van der Waals surface area contributed by atoms with Gasteiger partial charge in [0.05, 0.1) is 12.7 Å². The van der Waals surface area contributed by atoms with Gasteiger partial charge >= 0.3 is 0 Å². The van der Waals surface area contributed by atoms with Crippen molar-refractivity contribution in [1.29, 1.82) is 0 Å². The summed E-state index contributed by atoms with van der Waals surface area (Å²) in [5, 5.41) is 3.06. The third-order valence-corrected chi connectivity index (χ3v) is 8.10. The topological polar surface area (TPSA) is 33.5 Å². The molecule has 0 heterocycles. The molecule has 0 aliphatic rings. The Morgan fingerprint density at radius 2 is 1.81 bits per heavy atom. The van der Waals surface area contributed by atoms with Crippen molar-refractivity contribution >= 4 is 24.5 Å². The summed E-state index contributed by atoms with van der Waals surface area (Å²) in [6.45, 7) is 19.5. The van der Waals surface area contributed by atoms with Gasteiger partial charge in [-0.2, -0.15) is 0 Å². The molecule has 0 aliphatic carbocycles. The Labute approximate surface area is 154 Å². The zero-order chi connectivity index (χ0) is 15.5. The first kappa shape index (κ1) is 20.7. The molecule has 0 aliphatic heterocycles. The molecule has 111 valence electrons. The number of carbonyl (C=O) groups is 1. The first-order valence-electron chi connectivity index (χ1n) is 6.85. The Morgan fingerprint density at radius 1 is 1.33 bits per heavy atom. The first-order chi connectivity index (χ1) is 9.22. The van der Waals surface area contributed by atoms with Gasteiger partial charge in [0.1, 0.15) is 5.66 Å². The van der Waals surface area contributed by atoms with E-state index >= 15 is 0 Å². The number of carbonyl (C=O) groups excluding carboxylic acids is 1. The van der Waals surface area contributed by atoms with Crippen molar-refractivity contribution in [1.82, 2.24) is 0 Å². The molecule has 0 aromatic heterocycles. The summed E-state index contributed by atoms with van der Waals surface area (Å²) in [5.41, 5.74) is 3.41. The van der Waals surface area contributed by atoms with Crippen molar-refractivity contribution in [2.45, 2.75) is 33.4 Å². The molecule has 5 heteroatoms. The van der Waals surface area contributed by atoms with E-state index < -0.39 is 7.26 Å². The molecule has 1 unspecified atom stereocenters. The molecule has 1 aromatic carbocycles. The van der Waals surface area contributed by atoms with Crippen LogP contribution in [0.2, 0.25) is 0 Å². The smallest absolute Gasteiger partial charge is 0.264 e. The number of anilines is 1. The Bertz CT molecular complexity index is 541. The molecule has 0 spiro atoms. The molecule has 1 atom stereocenters. The van der Waals surface area contributed by atoms with Crippen LogP contribution < -0.4 is 5.32 Å². The molecule has 1 aromatic rings. The summed E-state index contributed by atoms with van der Waals surface area (Å²) in [7, 11) is -1.21. The number of hydrogen-bond donors (Lipinski definition) is 1. The summed E-state index contributed by atoms with van der Waals surface area (Å²) in [5.74, 6) is 0.0898. The molecule has 0 saturated heterocycles.